The van der Waals surface area contributed by atoms with Crippen molar-refractivity contribution in [1.82, 2.24) is 14.5 Å². The number of rotatable bonds is 9. The van der Waals surface area contributed by atoms with E-state index in [1.165, 1.54) is 21.3 Å². The highest BCUT2D eigenvalue weighted by atomic mass is 16.5. The lowest BCUT2D eigenvalue weighted by Crippen LogP contribution is -2.52. The first-order valence-corrected chi connectivity index (χ1v) is 17.3. The van der Waals surface area contributed by atoms with Gasteiger partial charge in [0.15, 0.2) is 11.5 Å². The topological polar surface area (TPSA) is 106 Å². The number of amides is 1. The van der Waals surface area contributed by atoms with E-state index < -0.39 is 0 Å². The number of carbonyl (C=O) groups excluding carboxylic acids is 1. The fraction of sp³-hybridized carbons (Fsp3) is 0.186. The Morgan fingerprint density at radius 1 is 0.846 bits per heavy atom. The predicted octanol–water partition coefficient (Wildman–Crippen LogP) is 4.75. The van der Waals surface area contributed by atoms with Crippen LogP contribution in [-0.2, 0) is 26.4 Å². The SMILES string of the molecule is COc1cc2c(cc1OC)CN(CCc1ccc(NC(=O)c3ccc(C=c4[nH]c(=O)c(=Cc5cccc6ccccc56)n(C)c4=O)cc3)cc1)CC2. The molecule has 6 aromatic rings. The summed E-state index contributed by atoms with van der Waals surface area (Å²) in [6, 6.07) is 32.8. The standard InChI is InChI=1S/C43H40N4O5/c1-46-38(24-33-9-6-8-30-7-4-5-10-36(30)33)42(49)45-37(43(46)50)23-29-11-15-31(16-12-29)41(48)44-35-17-13-28(14-18-35)19-21-47-22-20-32-25-39(51-2)40(52-3)26-34(32)27-47/h4-18,23-26H,19-22,27H2,1-3H3,(H,44,48)(H,45,49). The molecule has 1 aliphatic rings. The Hall–Kier alpha value is -6.19. The van der Waals surface area contributed by atoms with E-state index in [0.29, 0.717) is 16.8 Å². The molecule has 0 fully saturated rings. The van der Waals surface area contributed by atoms with Gasteiger partial charge in [-0.3, -0.25) is 19.3 Å². The first-order chi connectivity index (χ1) is 25.3. The number of carbonyl (C=O) groups is 1. The Morgan fingerprint density at radius 3 is 2.31 bits per heavy atom. The molecule has 0 atom stereocenters. The highest BCUT2D eigenvalue weighted by Gasteiger charge is 2.19. The van der Waals surface area contributed by atoms with Crippen LogP contribution in [0.25, 0.3) is 22.9 Å². The Labute approximate surface area is 301 Å². The quantitative estimate of drug-likeness (QED) is 0.227. The van der Waals surface area contributed by atoms with Crippen LogP contribution < -0.4 is 36.6 Å². The average Bonchev–Trinajstić information content (AvgIpc) is 3.17. The Kier molecular flexibility index (Phi) is 9.86. The minimum absolute atomic E-state index is 0.158. The normalized spacial score (nSPS) is 13.6. The fourth-order valence-corrected chi connectivity index (χ4v) is 6.74. The van der Waals surface area contributed by atoms with E-state index in [-0.39, 0.29) is 27.7 Å². The molecule has 2 N–H and O–H groups in total. The maximum atomic E-state index is 13.3. The van der Waals surface area contributed by atoms with Crippen molar-refractivity contribution < 1.29 is 14.3 Å². The highest BCUT2D eigenvalue weighted by molar-refractivity contribution is 6.04. The molecule has 0 spiro atoms. The molecular weight excluding hydrogens is 652 g/mol. The van der Waals surface area contributed by atoms with E-state index in [0.717, 1.165) is 60.3 Å². The number of fused-ring (bicyclic) bond motifs is 2. The van der Waals surface area contributed by atoms with Crippen molar-refractivity contribution in [3.05, 3.63) is 168 Å². The second kappa shape index (κ2) is 15.0. The van der Waals surface area contributed by atoms with Crippen LogP contribution in [0.5, 0.6) is 11.5 Å². The molecule has 0 unspecified atom stereocenters. The van der Waals surface area contributed by atoms with Gasteiger partial charge in [0.1, 0.15) is 10.7 Å². The van der Waals surface area contributed by atoms with Gasteiger partial charge in [0, 0.05) is 37.9 Å². The molecule has 0 aliphatic carbocycles. The smallest absolute Gasteiger partial charge is 0.274 e. The average molecular weight is 693 g/mol. The fourth-order valence-electron chi connectivity index (χ4n) is 6.74. The number of hydrogen-bond acceptors (Lipinski definition) is 6. The number of aromatic amines is 1. The van der Waals surface area contributed by atoms with Gasteiger partial charge < -0.3 is 24.3 Å². The number of hydrogen-bond donors (Lipinski definition) is 2. The van der Waals surface area contributed by atoms with Gasteiger partial charge in [0.05, 0.1) is 14.2 Å². The lowest BCUT2D eigenvalue weighted by Gasteiger charge is -2.29. The van der Waals surface area contributed by atoms with Crippen LogP contribution in [0.3, 0.4) is 0 Å². The summed E-state index contributed by atoms with van der Waals surface area (Å²) in [5.41, 5.74) is 5.77. The molecule has 7 rings (SSSR count). The minimum Gasteiger partial charge on any atom is -0.493 e. The summed E-state index contributed by atoms with van der Waals surface area (Å²) in [5.74, 6) is 1.29. The number of nitrogens with one attached hydrogen (secondary N) is 2. The monoisotopic (exact) mass is 692 g/mol. The van der Waals surface area contributed by atoms with Crippen LogP contribution in [0.2, 0.25) is 0 Å². The third kappa shape index (κ3) is 7.31. The zero-order valence-corrected chi connectivity index (χ0v) is 29.4. The molecule has 2 heterocycles. The van der Waals surface area contributed by atoms with Gasteiger partial charge in [-0.25, -0.2) is 0 Å². The summed E-state index contributed by atoms with van der Waals surface area (Å²) in [6.45, 7) is 2.78. The number of H-pyrrole nitrogens is 1. The van der Waals surface area contributed by atoms with Gasteiger partial charge in [-0.2, -0.15) is 0 Å². The lowest BCUT2D eigenvalue weighted by atomic mass is 9.98. The van der Waals surface area contributed by atoms with Gasteiger partial charge in [-0.15, -0.1) is 0 Å². The second-order valence-corrected chi connectivity index (χ2v) is 13.0. The molecule has 0 radical (unpaired) electrons. The van der Waals surface area contributed by atoms with E-state index in [4.69, 9.17) is 9.47 Å². The zero-order valence-electron chi connectivity index (χ0n) is 29.4. The molecular formula is C43H40N4O5. The van der Waals surface area contributed by atoms with Crippen molar-refractivity contribution in [3.63, 3.8) is 0 Å². The predicted molar refractivity (Wildman–Crippen MR) is 206 cm³/mol. The van der Waals surface area contributed by atoms with E-state index in [1.807, 2.05) is 66.7 Å². The third-order valence-corrected chi connectivity index (χ3v) is 9.70. The summed E-state index contributed by atoms with van der Waals surface area (Å²) in [6.07, 6.45) is 5.21. The van der Waals surface area contributed by atoms with Crippen molar-refractivity contribution in [1.29, 1.82) is 0 Å². The number of anilines is 1. The van der Waals surface area contributed by atoms with E-state index in [9.17, 15) is 14.4 Å². The molecule has 0 bridgehead atoms. The van der Waals surface area contributed by atoms with Gasteiger partial charge in [0.2, 0.25) is 0 Å². The zero-order chi connectivity index (χ0) is 36.2. The second-order valence-electron chi connectivity index (χ2n) is 13.0. The minimum atomic E-state index is -0.372. The molecule has 9 heteroatoms. The maximum Gasteiger partial charge on any atom is 0.274 e. The number of ether oxygens (including phenoxy) is 2. The first-order valence-electron chi connectivity index (χ1n) is 17.3. The first kappa shape index (κ1) is 34.3. The molecule has 0 saturated carbocycles. The summed E-state index contributed by atoms with van der Waals surface area (Å²) in [5, 5.41) is 5.43. The molecule has 0 saturated heterocycles. The Morgan fingerprint density at radius 2 is 1.56 bits per heavy atom. The highest BCUT2D eigenvalue weighted by Crippen LogP contribution is 2.33. The van der Waals surface area contributed by atoms with Crippen molar-refractivity contribution in [2.75, 3.05) is 32.6 Å². The van der Waals surface area contributed by atoms with Crippen LogP contribution in [-0.4, -0.2) is 47.7 Å². The molecule has 52 heavy (non-hydrogen) atoms. The number of methoxy groups -OCH3 is 2. The van der Waals surface area contributed by atoms with Crippen LogP contribution in [0.1, 0.15) is 38.2 Å². The van der Waals surface area contributed by atoms with Crippen molar-refractivity contribution >= 4 is 34.5 Å². The van der Waals surface area contributed by atoms with Gasteiger partial charge in [-0.1, -0.05) is 66.7 Å². The van der Waals surface area contributed by atoms with Crippen LogP contribution in [0.4, 0.5) is 5.69 Å². The van der Waals surface area contributed by atoms with E-state index in [2.05, 4.69) is 27.3 Å². The summed E-state index contributed by atoms with van der Waals surface area (Å²) in [4.78, 5) is 44.7. The molecule has 1 aliphatic heterocycles. The van der Waals surface area contributed by atoms with E-state index in [1.54, 1.807) is 57.7 Å². The third-order valence-electron chi connectivity index (χ3n) is 9.70. The van der Waals surface area contributed by atoms with Gasteiger partial charge in [-0.05, 0) is 100.0 Å². The number of nitrogens with zero attached hydrogens (tertiary/aromatic N) is 2. The molecule has 262 valence electrons. The molecule has 9 nitrogen and oxygen atoms in total. The Bertz CT molecular complexity index is 2510. The molecule has 1 amide bonds. The van der Waals surface area contributed by atoms with Crippen molar-refractivity contribution in [3.8, 4) is 11.5 Å². The summed E-state index contributed by atoms with van der Waals surface area (Å²) < 4.78 is 12.3. The Balaban J connectivity index is 0.984. The van der Waals surface area contributed by atoms with Gasteiger partial charge in [0.25, 0.3) is 17.0 Å². The summed E-state index contributed by atoms with van der Waals surface area (Å²) >= 11 is 0. The van der Waals surface area contributed by atoms with E-state index >= 15 is 0 Å². The number of aromatic nitrogens is 2. The van der Waals surface area contributed by atoms with Crippen LogP contribution in [0, 0.1) is 0 Å². The van der Waals surface area contributed by atoms with Crippen LogP contribution >= 0.6 is 0 Å². The molecule has 1 aromatic heterocycles. The van der Waals surface area contributed by atoms with Crippen molar-refractivity contribution in [2.45, 2.75) is 19.4 Å². The van der Waals surface area contributed by atoms with Gasteiger partial charge >= 0.3 is 0 Å². The molecule has 5 aromatic carbocycles. The number of benzene rings is 5. The summed E-state index contributed by atoms with van der Waals surface area (Å²) in [7, 11) is 4.92. The van der Waals surface area contributed by atoms with Crippen molar-refractivity contribution in [2.24, 2.45) is 7.05 Å². The maximum absolute atomic E-state index is 13.3. The lowest BCUT2D eigenvalue weighted by molar-refractivity contribution is 0.102. The van der Waals surface area contributed by atoms with Crippen LogP contribution in [0.15, 0.2) is 113 Å². The largest absolute Gasteiger partial charge is 0.493 e.